The molecule has 0 aliphatic carbocycles. The molecular weight excluding hydrogens is 364 g/mol. The van der Waals surface area contributed by atoms with E-state index in [0.29, 0.717) is 19.4 Å². The fourth-order valence-electron chi connectivity index (χ4n) is 3.41. The molecule has 0 heterocycles. The standard InChI is InChI=1S/C24H46N2O3/c1-2-3-4-5-6-7-8-9-10-11-12-13-14-15-16-20-23(27)26-21-18-17-19-22(25)24(28)29/h2-3,22H,4-21,25H2,1H3,(H,26,27)(H,28,29)/b3-2+/t22-/m0/s1. The zero-order valence-electron chi connectivity index (χ0n) is 18.8. The Morgan fingerprint density at radius 3 is 1.86 bits per heavy atom. The quantitative estimate of drug-likeness (QED) is 0.167. The molecule has 0 bridgehead atoms. The molecule has 0 rings (SSSR count). The highest BCUT2D eigenvalue weighted by molar-refractivity contribution is 5.75. The number of carbonyl (C=O) groups is 2. The molecule has 0 radical (unpaired) electrons. The van der Waals surface area contributed by atoms with Crippen molar-refractivity contribution in [3.05, 3.63) is 12.2 Å². The Morgan fingerprint density at radius 2 is 1.34 bits per heavy atom. The number of carboxylic acids is 1. The van der Waals surface area contributed by atoms with Gasteiger partial charge in [0, 0.05) is 13.0 Å². The summed E-state index contributed by atoms with van der Waals surface area (Å²) in [6, 6.07) is -0.788. The van der Waals surface area contributed by atoms with Gasteiger partial charge in [0.1, 0.15) is 6.04 Å². The van der Waals surface area contributed by atoms with Crippen molar-refractivity contribution in [1.82, 2.24) is 5.32 Å². The summed E-state index contributed by atoms with van der Waals surface area (Å²) in [6.07, 6.45) is 23.7. The summed E-state index contributed by atoms with van der Waals surface area (Å²) < 4.78 is 0. The van der Waals surface area contributed by atoms with E-state index in [2.05, 4.69) is 24.4 Å². The first-order valence-electron chi connectivity index (χ1n) is 11.9. The SMILES string of the molecule is C/C=C/CCCCCCCCCCCCCCC(=O)NCCCC[C@H](N)C(=O)O. The van der Waals surface area contributed by atoms with Crippen molar-refractivity contribution < 1.29 is 14.7 Å². The van der Waals surface area contributed by atoms with Crippen LogP contribution in [0.1, 0.15) is 116 Å². The first-order chi connectivity index (χ1) is 14.1. The second kappa shape index (κ2) is 21.4. The summed E-state index contributed by atoms with van der Waals surface area (Å²) >= 11 is 0. The molecule has 5 heteroatoms. The summed E-state index contributed by atoms with van der Waals surface area (Å²) in [6.45, 7) is 2.70. The Balaban J connectivity index is 3.22. The number of allylic oxidation sites excluding steroid dienone is 2. The Bertz CT molecular complexity index is 424. The lowest BCUT2D eigenvalue weighted by molar-refractivity contribution is -0.138. The van der Waals surface area contributed by atoms with Gasteiger partial charge in [0.25, 0.3) is 0 Å². The lowest BCUT2D eigenvalue weighted by Crippen LogP contribution is -2.30. The molecule has 0 fully saturated rings. The average molecular weight is 411 g/mol. The molecule has 0 aliphatic heterocycles. The number of carboxylic acid groups (broad SMARTS) is 1. The van der Waals surface area contributed by atoms with E-state index >= 15 is 0 Å². The third kappa shape index (κ3) is 21.2. The van der Waals surface area contributed by atoms with Gasteiger partial charge < -0.3 is 16.2 Å². The van der Waals surface area contributed by atoms with Crippen LogP contribution >= 0.6 is 0 Å². The second-order valence-electron chi connectivity index (χ2n) is 8.14. The molecule has 0 aromatic rings. The molecule has 4 N–H and O–H groups in total. The van der Waals surface area contributed by atoms with E-state index in [0.717, 1.165) is 25.7 Å². The zero-order chi connectivity index (χ0) is 21.6. The maximum absolute atomic E-state index is 11.7. The Labute approximate surface area is 178 Å². The molecule has 1 atom stereocenters. The molecule has 170 valence electrons. The van der Waals surface area contributed by atoms with E-state index in [1.54, 1.807) is 0 Å². The normalized spacial score (nSPS) is 12.3. The predicted octanol–water partition coefficient (Wildman–Crippen LogP) is 5.72. The number of aliphatic carboxylic acids is 1. The first kappa shape index (κ1) is 27.6. The van der Waals surface area contributed by atoms with Crippen molar-refractivity contribution in [3.63, 3.8) is 0 Å². The minimum atomic E-state index is -0.958. The molecule has 0 spiro atoms. The van der Waals surface area contributed by atoms with Crippen molar-refractivity contribution in [2.75, 3.05) is 6.54 Å². The maximum atomic E-state index is 11.7. The van der Waals surface area contributed by atoms with E-state index in [9.17, 15) is 9.59 Å². The van der Waals surface area contributed by atoms with E-state index in [1.807, 2.05) is 0 Å². The van der Waals surface area contributed by atoms with E-state index in [1.165, 1.54) is 70.6 Å². The Hall–Kier alpha value is -1.36. The van der Waals surface area contributed by atoms with Crippen LogP contribution < -0.4 is 11.1 Å². The van der Waals surface area contributed by atoms with E-state index in [-0.39, 0.29) is 5.91 Å². The number of hydrogen-bond acceptors (Lipinski definition) is 3. The fraction of sp³-hybridized carbons (Fsp3) is 0.833. The number of amides is 1. The minimum Gasteiger partial charge on any atom is -0.480 e. The maximum Gasteiger partial charge on any atom is 0.320 e. The van der Waals surface area contributed by atoms with Gasteiger partial charge in [-0.2, -0.15) is 0 Å². The molecule has 1 amide bonds. The van der Waals surface area contributed by atoms with Gasteiger partial charge >= 0.3 is 5.97 Å². The molecule has 0 saturated carbocycles. The highest BCUT2D eigenvalue weighted by Gasteiger charge is 2.10. The third-order valence-electron chi connectivity index (χ3n) is 5.34. The molecule has 0 aliphatic rings. The molecular formula is C24H46N2O3. The summed E-state index contributed by atoms with van der Waals surface area (Å²) in [5.41, 5.74) is 5.44. The van der Waals surface area contributed by atoms with Crippen molar-refractivity contribution in [2.24, 2.45) is 5.73 Å². The molecule has 5 nitrogen and oxygen atoms in total. The molecule has 29 heavy (non-hydrogen) atoms. The number of nitrogens with one attached hydrogen (secondary N) is 1. The van der Waals surface area contributed by atoms with Gasteiger partial charge in [-0.05, 0) is 45.4 Å². The van der Waals surface area contributed by atoms with Crippen molar-refractivity contribution in [1.29, 1.82) is 0 Å². The van der Waals surface area contributed by atoms with Gasteiger partial charge in [0.05, 0.1) is 0 Å². The highest BCUT2D eigenvalue weighted by atomic mass is 16.4. The van der Waals surface area contributed by atoms with Crippen LogP contribution in [0.25, 0.3) is 0 Å². The van der Waals surface area contributed by atoms with Crippen molar-refractivity contribution in [3.8, 4) is 0 Å². The minimum absolute atomic E-state index is 0.109. The summed E-state index contributed by atoms with van der Waals surface area (Å²) in [5, 5.41) is 11.6. The number of hydrogen-bond donors (Lipinski definition) is 3. The van der Waals surface area contributed by atoms with Gasteiger partial charge in [0.15, 0.2) is 0 Å². The van der Waals surface area contributed by atoms with Crippen molar-refractivity contribution in [2.45, 2.75) is 122 Å². The monoisotopic (exact) mass is 410 g/mol. The lowest BCUT2D eigenvalue weighted by Gasteiger charge is -2.07. The van der Waals surface area contributed by atoms with Gasteiger partial charge in [0.2, 0.25) is 5.91 Å². The lowest BCUT2D eigenvalue weighted by atomic mass is 10.0. The predicted molar refractivity (Wildman–Crippen MR) is 122 cm³/mol. The number of nitrogens with two attached hydrogens (primary N) is 1. The van der Waals surface area contributed by atoms with Gasteiger partial charge in [-0.3, -0.25) is 9.59 Å². The van der Waals surface area contributed by atoms with Gasteiger partial charge in [-0.25, -0.2) is 0 Å². The van der Waals surface area contributed by atoms with Gasteiger partial charge in [-0.15, -0.1) is 0 Å². The van der Waals surface area contributed by atoms with E-state index in [4.69, 9.17) is 10.8 Å². The highest BCUT2D eigenvalue weighted by Crippen LogP contribution is 2.13. The number of rotatable bonds is 21. The Morgan fingerprint density at radius 1 is 0.828 bits per heavy atom. The van der Waals surface area contributed by atoms with Crippen LogP contribution in [0.2, 0.25) is 0 Å². The number of unbranched alkanes of at least 4 members (excludes halogenated alkanes) is 13. The van der Waals surface area contributed by atoms with Crippen LogP contribution in [0, 0.1) is 0 Å². The summed E-state index contributed by atoms with van der Waals surface area (Å²) in [7, 11) is 0. The molecule has 0 aromatic heterocycles. The fourth-order valence-corrected chi connectivity index (χ4v) is 3.41. The van der Waals surface area contributed by atoms with Gasteiger partial charge in [-0.1, -0.05) is 76.4 Å². The average Bonchev–Trinajstić information content (AvgIpc) is 2.70. The molecule has 0 unspecified atom stereocenters. The zero-order valence-corrected chi connectivity index (χ0v) is 18.8. The number of carbonyl (C=O) groups excluding carboxylic acids is 1. The smallest absolute Gasteiger partial charge is 0.320 e. The van der Waals surface area contributed by atoms with Crippen LogP contribution in [0.4, 0.5) is 0 Å². The summed E-state index contributed by atoms with van der Waals surface area (Å²) in [5.74, 6) is -0.849. The molecule has 0 aromatic carbocycles. The topological polar surface area (TPSA) is 92.4 Å². The van der Waals surface area contributed by atoms with Crippen LogP contribution in [0.3, 0.4) is 0 Å². The third-order valence-corrected chi connectivity index (χ3v) is 5.34. The van der Waals surface area contributed by atoms with Crippen LogP contribution in [0.15, 0.2) is 12.2 Å². The van der Waals surface area contributed by atoms with Crippen LogP contribution in [-0.4, -0.2) is 29.6 Å². The van der Waals surface area contributed by atoms with E-state index < -0.39 is 12.0 Å². The van der Waals surface area contributed by atoms with Crippen LogP contribution in [0.5, 0.6) is 0 Å². The Kier molecular flexibility index (Phi) is 20.3. The summed E-state index contributed by atoms with van der Waals surface area (Å²) in [4.78, 5) is 22.3. The van der Waals surface area contributed by atoms with Crippen molar-refractivity contribution >= 4 is 11.9 Å². The second-order valence-corrected chi connectivity index (χ2v) is 8.14. The largest absolute Gasteiger partial charge is 0.480 e. The van der Waals surface area contributed by atoms with Crippen LogP contribution in [-0.2, 0) is 9.59 Å². The first-order valence-corrected chi connectivity index (χ1v) is 11.9. The molecule has 0 saturated heterocycles.